The molecule has 1 amide bonds. The molecule has 0 saturated heterocycles. The molecule has 0 unspecified atom stereocenters. The van der Waals surface area contributed by atoms with Crippen molar-refractivity contribution >= 4 is 11.8 Å². The molecule has 0 atom stereocenters. The molecule has 0 spiro atoms. The Bertz CT molecular complexity index is 458. The Kier molecular flexibility index (Phi) is 4.17. The van der Waals surface area contributed by atoms with Crippen LogP contribution in [0.5, 0.6) is 0 Å². The molecule has 1 rings (SSSR count). The van der Waals surface area contributed by atoms with Crippen LogP contribution in [0.25, 0.3) is 0 Å². The van der Waals surface area contributed by atoms with Gasteiger partial charge in [0.2, 0.25) is 0 Å². The summed E-state index contributed by atoms with van der Waals surface area (Å²) >= 11 is 0. The second-order valence-corrected chi connectivity index (χ2v) is 5.34. The minimum Gasteiger partial charge on any atom is -0.443 e. The third kappa shape index (κ3) is 3.62. The highest BCUT2D eigenvalue weighted by Crippen LogP contribution is 2.25. The number of hydrogen-bond acceptors (Lipinski definition) is 2. The SMILES string of the molecule is C=C(C)N(C(=O)OC(C)(C)C)c1ccccc1C. The van der Waals surface area contributed by atoms with E-state index >= 15 is 0 Å². The summed E-state index contributed by atoms with van der Waals surface area (Å²) in [6.07, 6.45) is -0.399. The number of aryl methyl sites for hydroxylation is 1. The zero-order valence-corrected chi connectivity index (χ0v) is 11.8. The van der Waals surface area contributed by atoms with Gasteiger partial charge < -0.3 is 4.74 Å². The average Bonchev–Trinajstić information content (AvgIpc) is 2.17. The molecule has 0 aliphatic heterocycles. The standard InChI is InChI=1S/C15H21NO2/c1-11(2)16(14(17)18-15(4,5)6)13-10-8-7-9-12(13)3/h7-10H,1H2,2-6H3. The van der Waals surface area contributed by atoms with Crippen molar-refractivity contribution in [1.29, 1.82) is 0 Å². The van der Waals surface area contributed by atoms with Gasteiger partial charge in [-0.3, -0.25) is 4.90 Å². The van der Waals surface area contributed by atoms with E-state index in [0.29, 0.717) is 5.70 Å². The first kappa shape index (κ1) is 14.3. The summed E-state index contributed by atoms with van der Waals surface area (Å²) < 4.78 is 5.40. The van der Waals surface area contributed by atoms with Gasteiger partial charge in [0.15, 0.2) is 0 Å². The fourth-order valence-electron chi connectivity index (χ4n) is 1.58. The number of ether oxygens (including phenoxy) is 1. The molecular weight excluding hydrogens is 226 g/mol. The molecular formula is C15H21NO2. The van der Waals surface area contributed by atoms with Crippen molar-refractivity contribution in [2.45, 2.75) is 40.2 Å². The smallest absolute Gasteiger partial charge is 0.419 e. The van der Waals surface area contributed by atoms with Crippen LogP contribution in [0.4, 0.5) is 10.5 Å². The van der Waals surface area contributed by atoms with Crippen LogP contribution < -0.4 is 4.90 Å². The van der Waals surface area contributed by atoms with Crippen molar-refractivity contribution in [3.8, 4) is 0 Å². The number of benzene rings is 1. The number of rotatable bonds is 2. The van der Waals surface area contributed by atoms with Gasteiger partial charge in [-0.2, -0.15) is 0 Å². The molecule has 18 heavy (non-hydrogen) atoms. The highest BCUT2D eigenvalue weighted by molar-refractivity contribution is 5.92. The lowest BCUT2D eigenvalue weighted by Crippen LogP contribution is -2.35. The van der Waals surface area contributed by atoms with Crippen LogP contribution in [0.2, 0.25) is 0 Å². The van der Waals surface area contributed by atoms with Gasteiger partial charge >= 0.3 is 6.09 Å². The zero-order valence-electron chi connectivity index (χ0n) is 11.8. The van der Waals surface area contributed by atoms with Gasteiger partial charge in [0.1, 0.15) is 5.60 Å². The molecule has 3 heteroatoms. The van der Waals surface area contributed by atoms with Gasteiger partial charge in [0, 0.05) is 5.70 Å². The summed E-state index contributed by atoms with van der Waals surface area (Å²) in [4.78, 5) is 13.7. The van der Waals surface area contributed by atoms with Gasteiger partial charge in [0.05, 0.1) is 5.69 Å². The van der Waals surface area contributed by atoms with Crippen molar-refractivity contribution in [3.63, 3.8) is 0 Å². The lowest BCUT2D eigenvalue weighted by Gasteiger charge is -2.28. The van der Waals surface area contributed by atoms with Gasteiger partial charge in [-0.1, -0.05) is 24.8 Å². The molecule has 0 heterocycles. The quantitative estimate of drug-likeness (QED) is 0.781. The molecule has 0 fully saturated rings. The Morgan fingerprint density at radius 3 is 2.28 bits per heavy atom. The molecule has 0 bridgehead atoms. The number of allylic oxidation sites excluding steroid dienone is 1. The van der Waals surface area contributed by atoms with Gasteiger partial charge in [-0.25, -0.2) is 4.79 Å². The van der Waals surface area contributed by atoms with E-state index in [2.05, 4.69) is 6.58 Å². The zero-order chi connectivity index (χ0) is 13.9. The van der Waals surface area contributed by atoms with Crippen LogP contribution in [0.15, 0.2) is 36.5 Å². The molecule has 1 aromatic carbocycles. The second-order valence-electron chi connectivity index (χ2n) is 5.34. The number of anilines is 1. The Hall–Kier alpha value is -1.77. The molecule has 0 radical (unpaired) electrons. The van der Waals surface area contributed by atoms with Gasteiger partial charge in [-0.15, -0.1) is 0 Å². The van der Waals surface area contributed by atoms with E-state index in [1.165, 1.54) is 4.90 Å². The number of carbonyl (C=O) groups is 1. The average molecular weight is 247 g/mol. The van der Waals surface area contributed by atoms with Crippen LogP contribution in [0.3, 0.4) is 0 Å². The highest BCUT2D eigenvalue weighted by atomic mass is 16.6. The lowest BCUT2D eigenvalue weighted by atomic mass is 10.1. The summed E-state index contributed by atoms with van der Waals surface area (Å²) in [6.45, 7) is 13.1. The molecule has 98 valence electrons. The number of carbonyl (C=O) groups excluding carboxylic acids is 1. The monoisotopic (exact) mass is 247 g/mol. The summed E-state index contributed by atoms with van der Waals surface area (Å²) in [5, 5.41) is 0. The fraction of sp³-hybridized carbons (Fsp3) is 0.400. The van der Waals surface area contributed by atoms with E-state index in [1.807, 2.05) is 52.0 Å². The Morgan fingerprint density at radius 2 is 1.83 bits per heavy atom. The Labute approximate surface area is 109 Å². The molecule has 0 N–H and O–H groups in total. The highest BCUT2D eigenvalue weighted by Gasteiger charge is 2.24. The van der Waals surface area contributed by atoms with Crippen LogP contribution in [-0.2, 0) is 4.74 Å². The maximum atomic E-state index is 12.2. The van der Waals surface area contributed by atoms with E-state index in [1.54, 1.807) is 6.92 Å². The van der Waals surface area contributed by atoms with E-state index < -0.39 is 11.7 Å². The van der Waals surface area contributed by atoms with E-state index in [-0.39, 0.29) is 0 Å². The summed E-state index contributed by atoms with van der Waals surface area (Å²) in [5.74, 6) is 0. The van der Waals surface area contributed by atoms with Crippen LogP contribution >= 0.6 is 0 Å². The fourth-order valence-corrected chi connectivity index (χ4v) is 1.58. The van der Waals surface area contributed by atoms with E-state index in [4.69, 9.17) is 4.74 Å². The van der Waals surface area contributed by atoms with Crippen LogP contribution in [0, 0.1) is 6.92 Å². The number of hydrogen-bond donors (Lipinski definition) is 0. The summed E-state index contributed by atoms with van der Waals surface area (Å²) in [7, 11) is 0. The van der Waals surface area contributed by atoms with Crippen molar-refractivity contribution in [3.05, 3.63) is 42.1 Å². The van der Waals surface area contributed by atoms with Crippen molar-refractivity contribution in [1.82, 2.24) is 0 Å². The molecule has 0 aliphatic rings. The molecule has 0 aliphatic carbocycles. The maximum absolute atomic E-state index is 12.2. The number of para-hydroxylation sites is 1. The van der Waals surface area contributed by atoms with Crippen molar-refractivity contribution in [2.75, 3.05) is 4.90 Å². The van der Waals surface area contributed by atoms with Crippen LogP contribution in [-0.4, -0.2) is 11.7 Å². The summed E-state index contributed by atoms with van der Waals surface area (Å²) in [6, 6.07) is 7.66. The summed E-state index contributed by atoms with van der Waals surface area (Å²) in [5.41, 5.74) is 1.93. The first-order valence-electron chi connectivity index (χ1n) is 5.96. The normalized spacial score (nSPS) is 10.9. The maximum Gasteiger partial charge on any atom is 0.419 e. The minimum atomic E-state index is -0.520. The predicted molar refractivity (Wildman–Crippen MR) is 74.7 cm³/mol. The Balaban J connectivity index is 3.09. The van der Waals surface area contributed by atoms with Gasteiger partial charge in [0.25, 0.3) is 0 Å². The molecule has 0 saturated carbocycles. The minimum absolute atomic E-state index is 0.399. The molecule has 0 aromatic heterocycles. The number of nitrogens with zero attached hydrogens (tertiary/aromatic N) is 1. The van der Waals surface area contributed by atoms with E-state index in [9.17, 15) is 4.79 Å². The third-order valence-electron chi connectivity index (χ3n) is 2.31. The third-order valence-corrected chi connectivity index (χ3v) is 2.31. The van der Waals surface area contributed by atoms with Crippen molar-refractivity contribution in [2.24, 2.45) is 0 Å². The van der Waals surface area contributed by atoms with Gasteiger partial charge in [-0.05, 0) is 46.2 Å². The second kappa shape index (κ2) is 5.25. The molecule has 1 aromatic rings. The van der Waals surface area contributed by atoms with Crippen LogP contribution in [0.1, 0.15) is 33.3 Å². The topological polar surface area (TPSA) is 29.5 Å². The molecule has 3 nitrogen and oxygen atoms in total. The lowest BCUT2D eigenvalue weighted by molar-refractivity contribution is 0.0592. The Morgan fingerprint density at radius 1 is 1.28 bits per heavy atom. The van der Waals surface area contributed by atoms with E-state index in [0.717, 1.165) is 11.3 Å². The van der Waals surface area contributed by atoms with Crippen molar-refractivity contribution < 1.29 is 9.53 Å². The number of amides is 1. The first-order valence-corrected chi connectivity index (χ1v) is 5.96. The first-order chi connectivity index (χ1) is 8.22. The largest absolute Gasteiger partial charge is 0.443 e. The predicted octanol–water partition coefficient (Wildman–Crippen LogP) is 4.27.